The minimum atomic E-state index is -0.322. The van der Waals surface area contributed by atoms with Gasteiger partial charge in [-0.25, -0.2) is 0 Å². The molecule has 15 heavy (non-hydrogen) atoms. The van der Waals surface area contributed by atoms with Crippen molar-refractivity contribution in [3.63, 3.8) is 0 Å². The van der Waals surface area contributed by atoms with E-state index in [2.05, 4.69) is 10.6 Å². The van der Waals surface area contributed by atoms with Crippen molar-refractivity contribution < 1.29 is 9.59 Å². The van der Waals surface area contributed by atoms with E-state index in [4.69, 9.17) is 0 Å². The van der Waals surface area contributed by atoms with E-state index >= 15 is 0 Å². The zero-order valence-corrected chi connectivity index (χ0v) is 10.1. The first-order valence-electron chi connectivity index (χ1n) is 5.37. The Hall–Kier alpha value is -1.06. The van der Waals surface area contributed by atoms with Crippen LogP contribution in [0.1, 0.15) is 40.5 Å². The quantitative estimate of drug-likeness (QED) is 0.672. The van der Waals surface area contributed by atoms with Crippen molar-refractivity contribution >= 4 is 11.8 Å². The highest BCUT2D eigenvalue weighted by Gasteiger charge is 2.19. The van der Waals surface area contributed by atoms with Gasteiger partial charge in [-0.2, -0.15) is 0 Å². The topological polar surface area (TPSA) is 58.2 Å². The summed E-state index contributed by atoms with van der Waals surface area (Å²) >= 11 is 0. The zero-order chi connectivity index (χ0) is 11.9. The van der Waals surface area contributed by atoms with Gasteiger partial charge in [0.1, 0.15) is 0 Å². The third kappa shape index (κ3) is 7.97. The summed E-state index contributed by atoms with van der Waals surface area (Å²) in [5, 5.41) is 5.57. The second kappa shape index (κ2) is 6.43. The Labute approximate surface area is 91.8 Å². The van der Waals surface area contributed by atoms with Gasteiger partial charge in [-0.15, -0.1) is 0 Å². The largest absolute Gasteiger partial charge is 0.356 e. The maximum atomic E-state index is 11.4. The molecule has 88 valence electrons. The standard InChI is InChI=1S/C11H22N2O2/c1-9(14)12-7-5-6-8-13-10(15)11(2,3)4/h5-8H2,1-4H3,(H,12,14)(H,13,15). The van der Waals surface area contributed by atoms with Gasteiger partial charge in [0.2, 0.25) is 11.8 Å². The fourth-order valence-corrected chi connectivity index (χ4v) is 0.982. The van der Waals surface area contributed by atoms with Crippen molar-refractivity contribution in [2.75, 3.05) is 13.1 Å². The lowest BCUT2D eigenvalue weighted by Gasteiger charge is -2.17. The van der Waals surface area contributed by atoms with Gasteiger partial charge < -0.3 is 10.6 Å². The SMILES string of the molecule is CC(=O)NCCCCNC(=O)C(C)(C)C. The Morgan fingerprint density at radius 2 is 1.47 bits per heavy atom. The zero-order valence-electron chi connectivity index (χ0n) is 10.1. The Balaban J connectivity index is 3.40. The lowest BCUT2D eigenvalue weighted by Crippen LogP contribution is -2.35. The molecule has 0 bridgehead atoms. The van der Waals surface area contributed by atoms with Crippen LogP contribution in [0.15, 0.2) is 0 Å². The predicted molar refractivity (Wildman–Crippen MR) is 60.4 cm³/mol. The van der Waals surface area contributed by atoms with Crippen LogP contribution >= 0.6 is 0 Å². The molecule has 0 saturated heterocycles. The van der Waals surface area contributed by atoms with Crippen LogP contribution in [0.4, 0.5) is 0 Å². The van der Waals surface area contributed by atoms with Crippen LogP contribution < -0.4 is 10.6 Å². The van der Waals surface area contributed by atoms with Crippen LogP contribution in [-0.4, -0.2) is 24.9 Å². The van der Waals surface area contributed by atoms with Gasteiger partial charge >= 0.3 is 0 Å². The fourth-order valence-electron chi connectivity index (χ4n) is 0.982. The first-order chi connectivity index (χ1) is 6.84. The normalized spacial score (nSPS) is 10.9. The van der Waals surface area contributed by atoms with E-state index in [0.717, 1.165) is 12.8 Å². The van der Waals surface area contributed by atoms with Crippen LogP contribution in [0.25, 0.3) is 0 Å². The van der Waals surface area contributed by atoms with Crippen molar-refractivity contribution in [2.24, 2.45) is 5.41 Å². The molecular weight excluding hydrogens is 192 g/mol. The average Bonchev–Trinajstić information content (AvgIpc) is 2.08. The molecule has 0 aromatic heterocycles. The van der Waals surface area contributed by atoms with Gasteiger partial charge in [-0.05, 0) is 12.8 Å². The van der Waals surface area contributed by atoms with Gasteiger partial charge in [0.25, 0.3) is 0 Å². The third-order valence-corrected chi connectivity index (χ3v) is 1.94. The van der Waals surface area contributed by atoms with E-state index in [1.807, 2.05) is 20.8 Å². The molecule has 0 aliphatic carbocycles. The third-order valence-electron chi connectivity index (χ3n) is 1.94. The Kier molecular flexibility index (Phi) is 5.97. The first kappa shape index (κ1) is 13.9. The van der Waals surface area contributed by atoms with E-state index in [0.29, 0.717) is 13.1 Å². The summed E-state index contributed by atoms with van der Waals surface area (Å²) in [6, 6.07) is 0. The van der Waals surface area contributed by atoms with Crippen LogP contribution in [0.3, 0.4) is 0 Å². The molecule has 2 N–H and O–H groups in total. The molecule has 0 radical (unpaired) electrons. The van der Waals surface area contributed by atoms with Gasteiger partial charge in [0.05, 0.1) is 0 Å². The number of amides is 2. The maximum Gasteiger partial charge on any atom is 0.225 e. The molecule has 0 unspecified atom stereocenters. The summed E-state index contributed by atoms with van der Waals surface area (Å²) in [5.41, 5.74) is -0.322. The minimum Gasteiger partial charge on any atom is -0.356 e. The lowest BCUT2D eigenvalue weighted by atomic mass is 9.96. The Morgan fingerprint density at radius 1 is 1.00 bits per heavy atom. The van der Waals surface area contributed by atoms with E-state index in [1.165, 1.54) is 6.92 Å². The molecule has 0 saturated carbocycles. The van der Waals surface area contributed by atoms with Crippen molar-refractivity contribution in [1.82, 2.24) is 10.6 Å². The number of hydrogen-bond donors (Lipinski definition) is 2. The van der Waals surface area contributed by atoms with Gasteiger partial charge in [0, 0.05) is 25.4 Å². The van der Waals surface area contributed by atoms with Gasteiger partial charge in [0.15, 0.2) is 0 Å². The summed E-state index contributed by atoms with van der Waals surface area (Å²) in [7, 11) is 0. The molecule has 0 aromatic carbocycles. The molecule has 4 nitrogen and oxygen atoms in total. The Morgan fingerprint density at radius 3 is 1.87 bits per heavy atom. The molecule has 0 atom stereocenters. The lowest BCUT2D eigenvalue weighted by molar-refractivity contribution is -0.128. The van der Waals surface area contributed by atoms with E-state index in [9.17, 15) is 9.59 Å². The first-order valence-corrected chi connectivity index (χ1v) is 5.37. The van der Waals surface area contributed by atoms with Crippen molar-refractivity contribution in [2.45, 2.75) is 40.5 Å². The summed E-state index contributed by atoms with van der Waals surface area (Å²) in [6.45, 7) is 8.52. The molecule has 0 rings (SSSR count). The second-order valence-corrected chi connectivity index (χ2v) is 4.70. The molecule has 0 aromatic rings. The predicted octanol–water partition coefficient (Wildman–Crippen LogP) is 1.06. The highest BCUT2D eigenvalue weighted by molar-refractivity contribution is 5.81. The minimum absolute atomic E-state index is 0.00581. The second-order valence-electron chi connectivity index (χ2n) is 4.70. The van der Waals surface area contributed by atoms with Crippen LogP contribution in [0.5, 0.6) is 0 Å². The number of carbonyl (C=O) groups is 2. The molecule has 0 aliphatic heterocycles. The highest BCUT2D eigenvalue weighted by atomic mass is 16.2. The number of rotatable bonds is 5. The van der Waals surface area contributed by atoms with E-state index in [1.54, 1.807) is 0 Å². The molecule has 2 amide bonds. The van der Waals surface area contributed by atoms with Crippen molar-refractivity contribution in [1.29, 1.82) is 0 Å². The molecule has 0 aliphatic rings. The van der Waals surface area contributed by atoms with Crippen molar-refractivity contribution in [3.8, 4) is 0 Å². The van der Waals surface area contributed by atoms with Crippen molar-refractivity contribution in [3.05, 3.63) is 0 Å². The fraction of sp³-hybridized carbons (Fsp3) is 0.818. The van der Waals surface area contributed by atoms with Crippen LogP contribution in [0.2, 0.25) is 0 Å². The number of carbonyl (C=O) groups excluding carboxylic acids is 2. The van der Waals surface area contributed by atoms with Gasteiger partial charge in [-0.3, -0.25) is 9.59 Å². The molecule has 4 heteroatoms. The highest BCUT2D eigenvalue weighted by Crippen LogP contribution is 2.12. The van der Waals surface area contributed by atoms with Crippen LogP contribution in [-0.2, 0) is 9.59 Å². The number of nitrogens with one attached hydrogen (secondary N) is 2. The summed E-state index contributed by atoms with van der Waals surface area (Å²) in [6.07, 6.45) is 1.78. The maximum absolute atomic E-state index is 11.4. The molecular formula is C11H22N2O2. The van der Waals surface area contributed by atoms with E-state index in [-0.39, 0.29) is 17.2 Å². The molecule has 0 fully saturated rings. The summed E-state index contributed by atoms with van der Waals surface area (Å²) in [4.78, 5) is 22.0. The van der Waals surface area contributed by atoms with Crippen LogP contribution in [0, 0.1) is 5.41 Å². The average molecular weight is 214 g/mol. The smallest absolute Gasteiger partial charge is 0.225 e. The Bertz CT molecular complexity index is 219. The summed E-state index contributed by atoms with van der Waals surface area (Å²) in [5.74, 6) is 0.0655. The monoisotopic (exact) mass is 214 g/mol. The van der Waals surface area contributed by atoms with E-state index < -0.39 is 0 Å². The molecule has 0 spiro atoms. The van der Waals surface area contributed by atoms with Gasteiger partial charge in [-0.1, -0.05) is 20.8 Å². The molecule has 0 heterocycles. The number of unbranched alkanes of at least 4 members (excludes halogenated alkanes) is 1. The number of hydrogen-bond acceptors (Lipinski definition) is 2. The summed E-state index contributed by atoms with van der Waals surface area (Å²) < 4.78 is 0.